The van der Waals surface area contributed by atoms with Crippen molar-refractivity contribution in [1.29, 1.82) is 0 Å². The van der Waals surface area contributed by atoms with Crippen LogP contribution in [-0.2, 0) is 14.3 Å². The van der Waals surface area contributed by atoms with E-state index >= 15 is 4.39 Å². The molecule has 46 heavy (non-hydrogen) atoms. The van der Waals surface area contributed by atoms with Crippen LogP contribution < -0.4 is 24.4 Å². The van der Waals surface area contributed by atoms with Crippen molar-refractivity contribution < 1.29 is 32.9 Å². The Balaban J connectivity index is 1.10. The van der Waals surface area contributed by atoms with Gasteiger partial charge in [-0.05, 0) is 61.4 Å². The van der Waals surface area contributed by atoms with Crippen molar-refractivity contribution in [2.24, 2.45) is 5.92 Å². The van der Waals surface area contributed by atoms with Crippen LogP contribution in [0.4, 0.5) is 15.8 Å². The lowest BCUT2D eigenvalue weighted by Gasteiger charge is -2.26. The lowest BCUT2D eigenvalue weighted by atomic mass is 10.1. The minimum atomic E-state index is -0.883. The molecule has 3 heterocycles. The molecule has 240 valence electrons. The molecule has 1 aromatic heterocycles. The van der Waals surface area contributed by atoms with Crippen molar-refractivity contribution in [2.75, 3.05) is 63.3 Å². The number of anilines is 2. The largest absolute Gasteiger partial charge is 0.493 e. The number of nitrogens with zero attached hydrogens (tertiary/aromatic N) is 3. The predicted octanol–water partition coefficient (Wildman–Crippen LogP) is 5.92. The maximum Gasteiger partial charge on any atom is 0.239 e. The molecule has 4 aromatic rings. The number of fused-ring (bicyclic) bond motifs is 1. The van der Waals surface area contributed by atoms with Crippen molar-refractivity contribution in [3.63, 3.8) is 0 Å². The number of amides is 2. The van der Waals surface area contributed by atoms with Gasteiger partial charge in [0.15, 0.2) is 23.1 Å². The topological polar surface area (TPSA) is 102 Å². The molecule has 1 atom stereocenters. The Labute approximate surface area is 270 Å². The van der Waals surface area contributed by atoms with E-state index in [9.17, 15) is 9.59 Å². The summed E-state index contributed by atoms with van der Waals surface area (Å²) in [5.74, 6) is -0.989. The SMILES string of the molecule is COc1cc2c(Oc3ccc(NC(=O)C4CCN(c5ccc(Cl)cc5)C4=O)cc3F)ccnc2cc1OCCCN1CCOCC1. The third-order valence-corrected chi connectivity index (χ3v) is 8.30. The summed E-state index contributed by atoms with van der Waals surface area (Å²) in [5.41, 5.74) is 1.48. The third kappa shape index (κ3) is 7.17. The molecule has 0 aliphatic carbocycles. The minimum Gasteiger partial charge on any atom is -0.493 e. The van der Waals surface area contributed by atoms with E-state index in [1.165, 1.54) is 12.1 Å². The molecule has 2 amide bonds. The molecule has 0 bridgehead atoms. The smallest absolute Gasteiger partial charge is 0.239 e. The number of carbonyl (C=O) groups is 2. The van der Waals surface area contributed by atoms with Crippen LogP contribution in [0.25, 0.3) is 10.9 Å². The number of carbonyl (C=O) groups excluding carboxylic acids is 2. The Bertz CT molecular complexity index is 1720. The number of methoxy groups -OCH3 is 1. The van der Waals surface area contributed by atoms with E-state index in [0.717, 1.165) is 45.3 Å². The molecule has 6 rings (SSSR count). The van der Waals surface area contributed by atoms with E-state index in [0.29, 0.717) is 58.4 Å². The highest BCUT2D eigenvalue weighted by Gasteiger charge is 2.37. The van der Waals surface area contributed by atoms with Gasteiger partial charge in [-0.15, -0.1) is 0 Å². The zero-order valence-electron chi connectivity index (χ0n) is 25.3. The Morgan fingerprint density at radius 2 is 1.83 bits per heavy atom. The zero-order valence-corrected chi connectivity index (χ0v) is 26.1. The highest BCUT2D eigenvalue weighted by atomic mass is 35.5. The van der Waals surface area contributed by atoms with Gasteiger partial charge in [0.25, 0.3) is 0 Å². The van der Waals surface area contributed by atoms with Crippen molar-refractivity contribution in [3.8, 4) is 23.0 Å². The van der Waals surface area contributed by atoms with Crippen molar-refractivity contribution in [3.05, 3.63) is 77.7 Å². The van der Waals surface area contributed by atoms with Crippen LogP contribution in [0.15, 0.2) is 66.9 Å². The second-order valence-corrected chi connectivity index (χ2v) is 11.5. The van der Waals surface area contributed by atoms with Crippen molar-refractivity contribution in [2.45, 2.75) is 12.8 Å². The van der Waals surface area contributed by atoms with E-state index in [2.05, 4.69) is 15.2 Å². The molecular weight excluding hydrogens is 615 g/mol. The summed E-state index contributed by atoms with van der Waals surface area (Å²) in [5, 5.41) is 3.84. The van der Waals surface area contributed by atoms with E-state index in [-0.39, 0.29) is 17.3 Å². The quantitative estimate of drug-likeness (QED) is 0.158. The highest BCUT2D eigenvalue weighted by Crippen LogP contribution is 2.38. The van der Waals surface area contributed by atoms with E-state index < -0.39 is 17.6 Å². The van der Waals surface area contributed by atoms with E-state index in [1.54, 1.807) is 60.7 Å². The van der Waals surface area contributed by atoms with Gasteiger partial charge in [0.1, 0.15) is 11.7 Å². The number of hydrogen-bond donors (Lipinski definition) is 1. The summed E-state index contributed by atoms with van der Waals surface area (Å²) in [6, 6.07) is 16.1. The average molecular weight is 649 g/mol. The van der Waals surface area contributed by atoms with Gasteiger partial charge in [-0.25, -0.2) is 4.39 Å². The van der Waals surface area contributed by atoms with Crippen LogP contribution in [0, 0.1) is 11.7 Å². The van der Waals surface area contributed by atoms with Gasteiger partial charge in [0.2, 0.25) is 11.8 Å². The van der Waals surface area contributed by atoms with Crippen LogP contribution in [0.2, 0.25) is 5.02 Å². The third-order valence-electron chi connectivity index (χ3n) is 8.05. The second kappa shape index (κ2) is 14.3. The Kier molecular flexibility index (Phi) is 9.82. The molecule has 0 spiro atoms. The van der Waals surface area contributed by atoms with Gasteiger partial charge in [0, 0.05) is 66.3 Å². The van der Waals surface area contributed by atoms with Crippen molar-refractivity contribution >= 4 is 45.7 Å². The predicted molar refractivity (Wildman–Crippen MR) is 173 cm³/mol. The Morgan fingerprint density at radius 3 is 2.59 bits per heavy atom. The first-order valence-corrected chi connectivity index (χ1v) is 15.5. The van der Waals surface area contributed by atoms with Gasteiger partial charge in [-0.2, -0.15) is 0 Å². The van der Waals surface area contributed by atoms with Crippen LogP contribution >= 0.6 is 11.6 Å². The van der Waals surface area contributed by atoms with E-state index in [4.69, 9.17) is 30.5 Å². The number of aromatic nitrogens is 1. The standard InChI is InChI=1S/C34H34ClFN4O6/c1-43-31-20-26-28(21-32(31)45-16-2-12-39-14-17-44-18-15-39)37-11-9-29(26)46-30-8-5-23(19-27(30)36)38-33(41)25-10-13-40(34(25)42)24-6-3-22(35)4-7-24/h3-9,11,19-21,25H,2,10,12-18H2,1H3,(H,38,41). The molecule has 1 N–H and O–H groups in total. The normalized spacial score (nSPS) is 16.9. The molecular formula is C34H34ClFN4O6. The molecule has 2 aliphatic heterocycles. The van der Waals surface area contributed by atoms with Gasteiger partial charge in [-0.1, -0.05) is 11.6 Å². The number of hydrogen-bond acceptors (Lipinski definition) is 8. The first-order valence-electron chi connectivity index (χ1n) is 15.1. The zero-order chi connectivity index (χ0) is 32.0. The number of nitrogens with one attached hydrogen (secondary N) is 1. The highest BCUT2D eigenvalue weighted by molar-refractivity contribution is 6.30. The number of benzene rings is 3. The Morgan fingerprint density at radius 1 is 1.02 bits per heavy atom. The molecule has 3 aromatic carbocycles. The average Bonchev–Trinajstić information content (AvgIpc) is 3.46. The van der Waals surface area contributed by atoms with Gasteiger partial charge in [0.05, 0.1) is 32.4 Å². The fraction of sp³-hybridized carbons (Fsp3) is 0.324. The number of ether oxygens (including phenoxy) is 4. The van der Waals surface area contributed by atoms with Crippen LogP contribution in [0.3, 0.4) is 0 Å². The number of halogens is 2. The lowest BCUT2D eigenvalue weighted by molar-refractivity contribution is -0.129. The van der Waals surface area contributed by atoms with Crippen LogP contribution in [-0.4, -0.2) is 74.8 Å². The van der Waals surface area contributed by atoms with E-state index in [1.807, 2.05) is 0 Å². The van der Waals surface area contributed by atoms with Gasteiger partial charge >= 0.3 is 0 Å². The molecule has 0 radical (unpaired) electrons. The molecule has 0 saturated carbocycles. The maximum absolute atomic E-state index is 15.2. The van der Waals surface area contributed by atoms with Crippen LogP contribution in [0.1, 0.15) is 12.8 Å². The summed E-state index contributed by atoms with van der Waals surface area (Å²) in [6.07, 6.45) is 2.77. The number of pyridine rings is 1. The summed E-state index contributed by atoms with van der Waals surface area (Å²) in [7, 11) is 1.56. The fourth-order valence-electron chi connectivity index (χ4n) is 5.59. The lowest BCUT2D eigenvalue weighted by Crippen LogP contribution is -2.37. The fourth-order valence-corrected chi connectivity index (χ4v) is 5.72. The first kappa shape index (κ1) is 31.5. The monoisotopic (exact) mass is 648 g/mol. The van der Waals surface area contributed by atoms with Crippen LogP contribution in [0.5, 0.6) is 23.0 Å². The molecule has 12 heteroatoms. The summed E-state index contributed by atoms with van der Waals surface area (Å²) in [6.45, 7) is 5.20. The summed E-state index contributed by atoms with van der Waals surface area (Å²) < 4.78 is 38.2. The minimum absolute atomic E-state index is 0.0428. The maximum atomic E-state index is 15.2. The summed E-state index contributed by atoms with van der Waals surface area (Å²) >= 11 is 5.95. The summed E-state index contributed by atoms with van der Waals surface area (Å²) in [4.78, 5) is 34.3. The number of rotatable bonds is 11. The Hall–Kier alpha value is -4.45. The molecule has 10 nitrogen and oxygen atoms in total. The molecule has 2 aliphatic rings. The van der Waals surface area contributed by atoms with Gasteiger partial charge < -0.3 is 29.2 Å². The second-order valence-electron chi connectivity index (χ2n) is 11.0. The number of morpholine rings is 1. The first-order chi connectivity index (χ1) is 22.4. The molecule has 1 unspecified atom stereocenters. The molecule has 2 saturated heterocycles. The molecule has 2 fully saturated rings. The van der Waals surface area contributed by atoms with Crippen molar-refractivity contribution in [1.82, 2.24) is 9.88 Å². The van der Waals surface area contributed by atoms with Gasteiger partial charge in [-0.3, -0.25) is 19.5 Å².